The van der Waals surface area contributed by atoms with Gasteiger partial charge in [0.15, 0.2) is 0 Å². The van der Waals surface area contributed by atoms with Gasteiger partial charge < -0.3 is 15.1 Å². The number of amides is 2. The van der Waals surface area contributed by atoms with Crippen molar-refractivity contribution in [2.75, 3.05) is 36.4 Å². The van der Waals surface area contributed by atoms with E-state index in [-0.39, 0.29) is 17.7 Å². The molecule has 0 bridgehead atoms. The van der Waals surface area contributed by atoms with Crippen LogP contribution in [0, 0.1) is 5.92 Å². The number of piperazine rings is 1. The Morgan fingerprint density at radius 2 is 1.69 bits per heavy atom. The first kappa shape index (κ1) is 17.9. The Bertz CT molecular complexity index is 751. The molecule has 6 heteroatoms. The van der Waals surface area contributed by atoms with Gasteiger partial charge in [-0.15, -0.1) is 0 Å². The van der Waals surface area contributed by atoms with Gasteiger partial charge in [-0.1, -0.05) is 32.0 Å². The number of benzene rings is 1. The number of hydrogen-bond acceptors (Lipinski definition) is 4. The summed E-state index contributed by atoms with van der Waals surface area (Å²) >= 11 is 0. The van der Waals surface area contributed by atoms with Crippen LogP contribution in [0.3, 0.4) is 0 Å². The minimum Gasteiger partial charge on any atom is -0.353 e. The molecule has 2 amide bonds. The van der Waals surface area contributed by atoms with Crippen LogP contribution in [-0.4, -0.2) is 47.9 Å². The Morgan fingerprint density at radius 3 is 2.27 bits per heavy atom. The molecule has 0 radical (unpaired) electrons. The van der Waals surface area contributed by atoms with Crippen LogP contribution >= 0.6 is 0 Å². The molecular weight excluding hydrogens is 328 g/mol. The highest BCUT2D eigenvalue weighted by atomic mass is 16.2. The van der Waals surface area contributed by atoms with Crippen molar-refractivity contribution in [3.8, 4) is 0 Å². The molecule has 1 N–H and O–H groups in total. The number of carbonyl (C=O) groups is 2. The fourth-order valence-corrected chi connectivity index (χ4v) is 2.96. The van der Waals surface area contributed by atoms with Gasteiger partial charge in [0.2, 0.25) is 5.91 Å². The third kappa shape index (κ3) is 4.20. The number of rotatable bonds is 4. The van der Waals surface area contributed by atoms with E-state index in [1.165, 1.54) is 0 Å². The van der Waals surface area contributed by atoms with Crippen molar-refractivity contribution in [2.24, 2.45) is 5.92 Å². The van der Waals surface area contributed by atoms with Crippen molar-refractivity contribution < 1.29 is 9.59 Å². The third-order valence-corrected chi connectivity index (χ3v) is 4.45. The molecule has 0 atom stereocenters. The first-order valence-corrected chi connectivity index (χ1v) is 8.91. The number of aromatic nitrogens is 1. The molecular formula is C20H24N4O2. The van der Waals surface area contributed by atoms with E-state index in [0.29, 0.717) is 24.3 Å². The zero-order chi connectivity index (χ0) is 18.5. The van der Waals surface area contributed by atoms with Crippen LogP contribution in [0.5, 0.6) is 0 Å². The topological polar surface area (TPSA) is 65.5 Å². The second kappa shape index (κ2) is 7.99. The van der Waals surface area contributed by atoms with E-state index in [1.54, 1.807) is 18.3 Å². The zero-order valence-electron chi connectivity index (χ0n) is 15.2. The molecule has 1 aromatic carbocycles. The van der Waals surface area contributed by atoms with Gasteiger partial charge in [0.1, 0.15) is 5.82 Å². The standard InChI is InChI=1S/C20H24N4O2/c1-15(2)20(26)24-12-10-23(11-13-24)18-9-8-17(14-21-18)22-19(25)16-6-4-3-5-7-16/h3-9,14-15H,10-13H2,1-2H3,(H,22,25). The predicted octanol–water partition coefficient (Wildman–Crippen LogP) is 2.64. The van der Waals surface area contributed by atoms with Gasteiger partial charge in [-0.25, -0.2) is 4.98 Å². The summed E-state index contributed by atoms with van der Waals surface area (Å²) in [5, 5.41) is 2.85. The van der Waals surface area contributed by atoms with E-state index >= 15 is 0 Å². The lowest BCUT2D eigenvalue weighted by Gasteiger charge is -2.36. The highest BCUT2D eigenvalue weighted by Gasteiger charge is 2.23. The summed E-state index contributed by atoms with van der Waals surface area (Å²) in [5.74, 6) is 0.948. The molecule has 2 heterocycles. The summed E-state index contributed by atoms with van der Waals surface area (Å²) in [5.41, 5.74) is 1.28. The number of hydrogen-bond donors (Lipinski definition) is 1. The van der Waals surface area contributed by atoms with Crippen molar-refractivity contribution in [3.63, 3.8) is 0 Å². The average molecular weight is 352 g/mol. The SMILES string of the molecule is CC(C)C(=O)N1CCN(c2ccc(NC(=O)c3ccccc3)cn2)CC1. The molecule has 0 aliphatic carbocycles. The van der Waals surface area contributed by atoms with Crippen LogP contribution in [0.4, 0.5) is 11.5 Å². The summed E-state index contributed by atoms with van der Waals surface area (Å²) < 4.78 is 0. The van der Waals surface area contributed by atoms with Gasteiger partial charge in [-0.2, -0.15) is 0 Å². The van der Waals surface area contributed by atoms with E-state index in [4.69, 9.17) is 0 Å². The number of nitrogens with zero attached hydrogens (tertiary/aromatic N) is 3. The van der Waals surface area contributed by atoms with Crippen molar-refractivity contribution in [1.29, 1.82) is 0 Å². The number of nitrogens with one attached hydrogen (secondary N) is 1. The average Bonchev–Trinajstić information content (AvgIpc) is 2.69. The molecule has 0 unspecified atom stereocenters. The molecule has 1 saturated heterocycles. The van der Waals surface area contributed by atoms with E-state index in [1.807, 2.05) is 49.1 Å². The van der Waals surface area contributed by atoms with Crippen LogP contribution in [0.1, 0.15) is 24.2 Å². The molecule has 2 aromatic rings. The Labute approximate surface area is 153 Å². The Balaban J connectivity index is 1.57. The van der Waals surface area contributed by atoms with Crippen molar-refractivity contribution in [2.45, 2.75) is 13.8 Å². The van der Waals surface area contributed by atoms with E-state index < -0.39 is 0 Å². The lowest BCUT2D eigenvalue weighted by atomic mass is 10.1. The molecule has 1 fully saturated rings. The van der Waals surface area contributed by atoms with Gasteiger partial charge in [0.25, 0.3) is 5.91 Å². The molecule has 26 heavy (non-hydrogen) atoms. The van der Waals surface area contributed by atoms with E-state index in [2.05, 4.69) is 15.2 Å². The van der Waals surface area contributed by atoms with E-state index in [0.717, 1.165) is 18.9 Å². The first-order chi connectivity index (χ1) is 12.5. The fraction of sp³-hybridized carbons (Fsp3) is 0.350. The van der Waals surface area contributed by atoms with Crippen LogP contribution in [0.2, 0.25) is 0 Å². The monoisotopic (exact) mass is 352 g/mol. The minimum absolute atomic E-state index is 0.0344. The quantitative estimate of drug-likeness (QED) is 0.919. The van der Waals surface area contributed by atoms with Gasteiger partial charge in [0.05, 0.1) is 11.9 Å². The van der Waals surface area contributed by atoms with Crippen LogP contribution in [0.15, 0.2) is 48.7 Å². The maximum absolute atomic E-state index is 12.2. The van der Waals surface area contributed by atoms with Crippen molar-refractivity contribution in [3.05, 3.63) is 54.2 Å². The van der Waals surface area contributed by atoms with Crippen molar-refractivity contribution in [1.82, 2.24) is 9.88 Å². The largest absolute Gasteiger partial charge is 0.353 e. The molecule has 1 aliphatic rings. The smallest absolute Gasteiger partial charge is 0.255 e. The molecule has 1 aromatic heterocycles. The molecule has 136 valence electrons. The lowest BCUT2D eigenvalue weighted by Crippen LogP contribution is -2.50. The summed E-state index contributed by atoms with van der Waals surface area (Å²) in [6.45, 7) is 6.82. The molecule has 3 rings (SSSR count). The molecule has 0 saturated carbocycles. The minimum atomic E-state index is -0.152. The second-order valence-electron chi connectivity index (χ2n) is 6.69. The Kier molecular flexibility index (Phi) is 5.51. The first-order valence-electron chi connectivity index (χ1n) is 8.91. The zero-order valence-corrected chi connectivity index (χ0v) is 15.2. The third-order valence-electron chi connectivity index (χ3n) is 4.45. The maximum atomic E-state index is 12.2. The fourth-order valence-electron chi connectivity index (χ4n) is 2.96. The molecule has 1 aliphatic heterocycles. The summed E-state index contributed by atoms with van der Waals surface area (Å²) in [6, 6.07) is 12.8. The van der Waals surface area contributed by atoms with Gasteiger partial charge in [-0.3, -0.25) is 9.59 Å². The Hall–Kier alpha value is -2.89. The van der Waals surface area contributed by atoms with Crippen molar-refractivity contribution >= 4 is 23.3 Å². The second-order valence-corrected chi connectivity index (χ2v) is 6.69. The van der Waals surface area contributed by atoms with Crippen LogP contribution in [0.25, 0.3) is 0 Å². The highest BCUT2D eigenvalue weighted by Crippen LogP contribution is 2.17. The van der Waals surface area contributed by atoms with Gasteiger partial charge in [-0.05, 0) is 24.3 Å². The molecule has 0 spiro atoms. The highest BCUT2D eigenvalue weighted by molar-refractivity contribution is 6.04. The molecule has 6 nitrogen and oxygen atoms in total. The summed E-state index contributed by atoms with van der Waals surface area (Å²) in [4.78, 5) is 32.8. The number of carbonyl (C=O) groups excluding carboxylic acids is 2. The lowest BCUT2D eigenvalue weighted by molar-refractivity contribution is -0.134. The van der Waals surface area contributed by atoms with Gasteiger partial charge in [0, 0.05) is 37.7 Å². The predicted molar refractivity (Wildman–Crippen MR) is 102 cm³/mol. The van der Waals surface area contributed by atoms with Crippen LogP contribution in [-0.2, 0) is 4.79 Å². The van der Waals surface area contributed by atoms with Gasteiger partial charge >= 0.3 is 0 Å². The summed E-state index contributed by atoms with van der Waals surface area (Å²) in [6.07, 6.45) is 1.67. The number of pyridine rings is 1. The summed E-state index contributed by atoms with van der Waals surface area (Å²) in [7, 11) is 0. The Morgan fingerprint density at radius 1 is 1.00 bits per heavy atom. The number of anilines is 2. The maximum Gasteiger partial charge on any atom is 0.255 e. The van der Waals surface area contributed by atoms with Crippen LogP contribution < -0.4 is 10.2 Å². The van der Waals surface area contributed by atoms with E-state index in [9.17, 15) is 9.59 Å². The normalized spacial score (nSPS) is 14.4.